The Morgan fingerprint density at radius 1 is 1.40 bits per heavy atom. The summed E-state index contributed by atoms with van der Waals surface area (Å²) in [5.41, 5.74) is 3.68. The van der Waals surface area contributed by atoms with Crippen molar-refractivity contribution in [1.82, 2.24) is 0 Å². The van der Waals surface area contributed by atoms with E-state index in [1.54, 1.807) is 0 Å². The normalized spacial score (nSPS) is 27.8. The lowest BCUT2D eigenvalue weighted by atomic mass is 9.86. The van der Waals surface area contributed by atoms with Gasteiger partial charge in [0.1, 0.15) is 0 Å². The van der Waals surface area contributed by atoms with Crippen molar-refractivity contribution >= 4 is 15.9 Å². The summed E-state index contributed by atoms with van der Waals surface area (Å²) in [7, 11) is 0. The summed E-state index contributed by atoms with van der Waals surface area (Å²) < 4.78 is 0. The smallest absolute Gasteiger partial charge is 0.0926 e. The van der Waals surface area contributed by atoms with Gasteiger partial charge in [-0.05, 0) is 23.1 Å². The first-order chi connectivity index (χ1) is 6.98. The third-order valence-corrected chi connectivity index (χ3v) is 5.15. The highest BCUT2D eigenvalue weighted by Crippen LogP contribution is 2.48. The van der Waals surface area contributed by atoms with Crippen molar-refractivity contribution in [1.29, 1.82) is 0 Å². The molecule has 1 nitrogen and oxygen atoms in total. The highest BCUT2D eigenvalue weighted by molar-refractivity contribution is 9.09. The van der Waals surface area contributed by atoms with Crippen LogP contribution in [-0.4, -0.2) is 9.93 Å². The second-order valence-electron chi connectivity index (χ2n) is 4.84. The number of fused-ring (bicyclic) bond motifs is 1. The number of aliphatic hydroxyl groups excluding tert-OH is 1. The molecule has 0 spiro atoms. The second kappa shape index (κ2) is 3.60. The molecule has 0 bridgehead atoms. The molecule has 1 aliphatic rings. The Bertz CT molecular complexity index is 384. The molecule has 1 aliphatic carbocycles. The zero-order chi connectivity index (χ0) is 11.2. The Morgan fingerprint density at radius 2 is 2.07 bits per heavy atom. The number of benzene rings is 1. The maximum atomic E-state index is 10.2. The van der Waals surface area contributed by atoms with Gasteiger partial charge < -0.3 is 5.11 Å². The standard InChI is InChI=1S/C13H17BrO/c1-4-8-5-6-10-9(7-8)11(15)12(14)13(10,2)3/h5-7,11-12,15H,4H2,1-3H3. The molecule has 15 heavy (non-hydrogen) atoms. The van der Waals surface area contributed by atoms with Gasteiger partial charge in [0.2, 0.25) is 0 Å². The van der Waals surface area contributed by atoms with Crippen molar-refractivity contribution in [3.8, 4) is 0 Å². The predicted octanol–water partition coefficient (Wildman–Crippen LogP) is 3.34. The third-order valence-electron chi connectivity index (χ3n) is 3.50. The fourth-order valence-electron chi connectivity index (χ4n) is 2.36. The highest BCUT2D eigenvalue weighted by Gasteiger charge is 2.44. The fraction of sp³-hybridized carbons (Fsp3) is 0.538. The van der Waals surface area contributed by atoms with E-state index in [-0.39, 0.29) is 16.3 Å². The van der Waals surface area contributed by atoms with E-state index in [4.69, 9.17) is 0 Å². The van der Waals surface area contributed by atoms with Gasteiger partial charge in [-0.1, -0.05) is 54.9 Å². The molecule has 0 aliphatic heterocycles. The molecule has 0 aromatic heterocycles. The van der Waals surface area contributed by atoms with Crippen molar-refractivity contribution in [2.24, 2.45) is 0 Å². The molecular weight excluding hydrogens is 252 g/mol. The summed E-state index contributed by atoms with van der Waals surface area (Å²) in [6, 6.07) is 6.47. The number of aryl methyl sites for hydroxylation is 1. The summed E-state index contributed by atoms with van der Waals surface area (Å²) in [6.07, 6.45) is 0.648. The van der Waals surface area contributed by atoms with Crippen molar-refractivity contribution in [2.75, 3.05) is 0 Å². The summed E-state index contributed by atoms with van der Waals surface area (Å²) in [4.78, 5) is 0.118. The number of hydrogen-bond donors (Lipinski definition) is 1. The quantitative estimate of drug-likeness (QED) is 0.775. The highest BCUT2D eigenvalue weighted by atomic mass is 79.9. The maximum Gasteiger partial charge on any atom is 0.0926 e. The maximum absolute atomic E-state index is 10.2. The molecule has 0 radical (unpaired) electrons. The molecule has 1 N–H and O–H groups in total. The van der Waals surface area contributed by atoms with Crippen molar-refractivity contribution in [2.45, 2.75) is 43.5 Å². The molecule has 0 fully saturated rings. The van der Waals surface area contributed by atoms with E-state index in [9.17, 15) is 5.11 Å². The predicted molar refractivity (Wildman–Crippen MR) is 66.5 cm³/mol. The van der Waals surface area contributed by atoms with Crippen LogP contribution in [0.25, 0.3) is 0 Å². The largest absolute Gasteiger partial charge is 0.387 e. The van der Waals surface area contributed by atoms with Gasteiger partial charge in [-0.25, -0.2) is 0 Å². The Hall–Kier alpha value is -0.340. The van der Waals surface area contributed by atoms with Crippen LogP contribution < -0.4 is 0 Å². The van der Waals surface area contributed by atoms with Crippen LogP contribution in [0, 0.1) is 0 Å². The van der Waals surface area contributed by atoms with Crippen LogP contribution in [0.1, 0.15) is 43.6 Å². The summed E-state index contributed by atoms with van der Waals surface area (Å²) >= 11 is 3.60. The van der Waals surface area contributed by atoms with Gasteiger partial charge in [-0.2, -0.15) is 0 Å². The lowest BCUT2D eigenvalue weighted by Gasteiger charge is -2.24. The van der Waals surface area contributed by atoms with Crippen LogP contribution >= 0.6 is 15.9 Å². The number of halogens is 1. The summed E-state index contributed by atoms with van der Waals surface area (Å²) in [5, 5.41) is 10.2. The fourth-order valence-corrected chi connectivity index (χ4v) is 2.90. The zero-order valence-corrected chi connectivity index (χ0v) is 11.0. The van der Waals surface area contributed by atoms with E-state index in [0.717, 1.165) is 12.0 Å². The van der Waals surface area contributed by atoms with Gasteiger partial charge >= 0.3 is 0 Å². The van der Waals surface area contributed by atoms with Crippen LogP contribution in [0.3, 0.4) is 0 Å². The van der Waals surface area contributed by atoms with Crippen molar-refractivity contribution < 1.29 is 5.11 Å². The van der Waals surface area contributed by atoms with Crippen LogP contribution in [-0.2, 0) is 11.8 Å². The summed E-state index contributed by atoms with van der Waals surface area (Å²) in [6.45, 7) is 6.49. The molecule has 82 valence electrons. The van der Waals surface area contributed by atoms with Crippen molar-refractivity contribution in [3.05, 3.63) is 34.9 Å². The minimum atomic E-state index is -0.374. The van der Waals surface area contributed by atoms with E-state index in [1.807, 2.05) is 0 Å². The van der Waals surface area contributed by atoms with E-state index >= 15 is 0 Å². The van der Waals surface area contributed by atoms with Crippen LogP contribution in [0.5, 0.6) is 0 Å². The third kappa shape index (κ3) is 1.55. The molecule has 1 aromatic rings. The number of rotatable bonds is 1. The Labute approximate surface area is 99.6 Å². The lowest BCUT2D eigenvalue weighted by molar-refractivity contribution is 0.171. The van der Waals surface area contributed by atoms with Gasteiger partial charge in [-0.3, -0.25) is 0 Å². The average Bonchev–Trinajstić information content (AvgIpc) is 2.40. The van der Waals surface area contributed by atoms with E-state index in [2.05, 4.69) is 54.9 Å². The SMILES string of the molecule is CCc1ccc2c(c1)C(O)C(Br)C2(C)C. The summed E-state index contributed by atoms with van der Waals surface area (Å²) in [5.74, 6) is 0. The van der Waals surface area contributed by atoms with E-state index in [0.29, 0.717) is 0 Å². The van der Waals surface area contributed by atoms with Crippen LogP contribution in [0.2, 0.25) is 0 Å². The van der Waals surface area contributed by atoms with Crippen LogP contribution in [0.4, 0.5) is 0 Å². The lowest BCUT2D eigenvalue weighted by Crippen LogP contribution is -2.25. The average molecular weight is 269 g/mol. The molecule has 0 saturated heterocycles. The molecule has 2 atom stereocenters. The van der Waals surface area contributed by atoms with Gasteiger partial charge in [0.25, 0.3) is 0 Å². The molecule has 1 aromatic carbocycles. The molecular formula is C13H17BrO. The molecule has 0 amide bonds. The number of aliphatic hydroxyl groups is 1. The number of hydrogen-bond acceptors (Lipinski definition) is 1. The minimum absolute atomic E-state index is 0.0149. The Balaban J connectivity index is 2.56. The van der Waals surface area contributed by atoms with E-state index < -0.39 is 0 Å². The van der Waals surface area contributed by atoms with Gasteiger partial charge in [0.15, 0.2) is 0 Å². The molecule has 2 rings (SSSR count). The van der Waals surface area contributed by atoms with Crippen molar-refractivity contribution in [3.63, 3.8) is 0 Å². The van der Waals surface area contributed by atoms with Gasteiger partial charge in [0.05, 0.1) is 10.9 Å². The first-order valence-electron chi connectivity index (χ1n) is 5.44. The van der Waals surface area contributed by atoms with E-state index in [1.165, 1.54) is 11.1 Å². The zero-order valence-electron chi connectivity index (χ0n) is 9.42. The topological polar surface area (TPSA) is 20.2 Å². The monoisotopic (exact) mass is 268 g/mol. The number of alkyl halides is 1. The Morgan fingerprint density at radius 3 is 2.67 bits per heavy atom. The molecule has 2 unspecified atom stereocenters. The molecule has 0 saturated carbocycles. The van der Waals surface area contributed by atoms with Gasteiger partial charge in [0, 0.05) is 5.41 Å². The minimum Gasteiger partial charge on any atom is -0.387 e. The molecule has 0 heterocycles. The second-order valence-corrected chi connectivity index (χ2v) is 5.83. The first kappa shape index (κ1) is 11.2. The first-order valence-corrected chi connectivity index (χ1v) is 6.35. The van der Waals surface area contributed by atoms with Crippen LogP contribution in [0.15, 0.2) is 18.2 Å². The van der Waals surface area contributed by atoms with Gasteiger partial charge in [-0.15, -0.1) is 0 Å². The Kier molecular flexibility index (Phi) is 2.68. The molecule has 2 heteroatoms.